The molecule has 2 atom stereocenters. The lowest BCUT2D eigenvalue weighted by molar-refractivity contribution is 0.0930. The minimum atomic E-state index is 0.0653. The van der Waals surface area contributed by atoms with E-state index in [0.29, 0.717) is 10.9 Å². The summed E-state index contributed by atoms with van der Waals surface area (Å²) in [5.74, 6) is 0.0653. The SMILES string of the molecule is O=C(NC1CCCCC1Br)c1csc(I)c1. The number of rotatable bonds is 2. The molecular formula is C11H13BrINOS. The number of hydrogen-bond donors (Lipinski definition) is 1. The first-order valence-electron chi connectivity index (χ1n) is 5.36. The van der Waals surface area contributed by atoms with Crippen LogP contribution >= 0.6 is 49.9 Å². The fourth-order valence-corrected chi connectivity index (χ4v) is 3.98. The van der Waals surface area contributed by atoms with E-state index in [4.69, 9.17) is 0 Å². The molecule has 2 rings (SSSR count). The Morgan fingerprint density at radius 3 is 2.88 bits per heavy atom. The number of carbonyl (C=O) groups is 1. The topological polar surface area (TPSA) is 29.1 Å². The van der Waals surface area contributed by atoms with Crippen molar-refractivity contribution < 1.29 is 4.79 Å². The molecule has 2 unspecified atom stereocenters. The molecule has 1 amide bonds. The molecule has 1 N–H and O–H groups in total. The first-order valence-corrected chi connectivity index (χ1v) is 8.23. The standard InChI is InChI=1S/C11H13BrINOS/c12-8-3-1-2-4-9(8)14-11(15)7-5-10(13)16-6-7/h5-6,8-9H,1-4H2,(H,14,15). The smallest absolute Gasteiger partial charge is 0.252 e. The summed E-state index contributed by atoms with van der Waals surface area (Å²) in [4.78, 5) is 12.4. The maximum Gasteiger partial charge on any atom is 0.252 e. The highest BCUT2D eigenvalue weighted by molar-refractivity contribution is 14.1. The summed E-state index contributed by atoms with van der Waals surface area (Å²) in [6.07, 6.45) is 4.72. The molecule has 1 aliphatic rings. The summed E-state index contributed by atoms with van der Waals surface area (Å²) in [7, 11) is 0. The molecule has 1 aromatic rings. The summed E-state index contributed by atoms with van der Waals surface area (Å²) >= 11 is 7.50. The van der Waals surface area contributed by atoms with Crippen LogP contribution in [0.25, 0.3) is 0 Å². The van der Waals surface area contributed by atoms with Gasteiger partial charge in [-0.3, -0.25) is 4.79 Å². The minimum absolute atomic E-state index is 0.0653. The molecule has 0 saturated heterocycles. The van der Waals surface area contributed by atoms with E-state index < -0.39 is 0 Å². The van der Waals surface area contributed by atoms with Crippen LogP contribution in [0.1, 0.15) is 36.0 Å². The van der Waals surface area contributed by atoms with Crippen LogP contribution in [0, 0.1) is 2.88 Å². The first kappa shape index (κ1) is 12.8. The number of carbonyl (C=O) groups excluding carboxylic acids is 1. The lowest BCUT2D eigenvalue weighted by Crippen LogP contribution is -2.42. The average Bonchev–Trinajstić information content (AvgIpc) is 2.68. The van der Waals surface area contributed by atoms with Gasteiger partial charge in [-0.1, -0.05) is 28.8 Å². The van der Waals surface area contributed by atoms with Crippen molar-refractivity contribution >= 4 is 55.8 Å². The number of nitrogens with one attached hydrogen (secondary N) is 1. The van der Waals surface area contributed by atoms with Crippen molar-refractivity contribution in [3.8, 4) is 0 Å². The van der Waals surface area contributed by atoms with Crippen molar-refractivity contribution in [1.82, 2.24) is 5.32 Å². The van der Waals surface area contributed by atoms with Crippen molar-refractivity contribution in [3.05, 3.63) is 19.9 Å². The third kappa shape index (κ3) is 3.20. The maximum absolute atomic E-state index is 11.9. The Kier molecular flexibility index (Phi) is 4.66. The summed E-state index contributed by atoms with van der Waals surface area (Å²) < 4.78 is 1.15. The van der Waals surface area contributed by atoms with Gasteiger partial charge in [0.2, 0.25) is 0 Å². The maximum atomic E-state index is 11.9. The van der Waals surface area contributed by atoms with Crippen LogP contribution in [-0.2, 0) is 0 Å². The van der Waals surface area contributed by atoms with Gasteiger partial charge in [0.25, 0.3) is 5.91 Å². The largest absolute Gasteiger partial charge is 0.348 e. The third-order valence-electron chi connectivity index (χ3n) is 2.83. The molecule has 1 saturated carbocycles. The summed E-state index contributed by atoms with van der Waals surface area (Å²) in [6, 6.07) is 2.23. The average molecular weight is 414 g/mol. The van der Waals surface area contributed by atoms with E-state index >= 15 is 0 Å². The number of amides is 1. The van der Waals surface area contributed by atoms with Crippen LogP contribution in [-0.4, -0.2) is 16.8 Å². The van der Waals surface area contributed by atoms with Gasteiger partial charge in [0.05, 0.1) is 8.45 Å². The molecule has 88 valence electrons. The van der Waals surface area contributed by atoms with E-state index in [1.807, 2.05) is 11.4 Å². The number of halogens is 2. The van der Waals surface area contributed by atoms with Crippen LogP contribution in [0.15, 0.2) is 11.4 Å². The molecule has 0 radical (unpaired) electrons. The summed E-state index contributed by atoms with van der Waals surface area (Å²) in [5.41, 5.74) is 0.791. The number of hydrogen-bond acceptors (Lipinski definition) is 2. The molecule has 1 aliphatic carbocycles. The molecule has 5 heteroatoms. The normalized spacial score (nSPS) is 25.4. The Hall–Kier alpha value is 0.380. The summed E-state index contributed by atoms with van der Waals surface area (Å²) in [6.45, 7) is 0. The highest BCUT2D eigenvalue weighted by Crippen LogP contribution is 2.25. The van der Waals surface area contributed by atoms with Crippen molar-refractivity contribution in [2.75, 3.05) is 0 Å². The molecule has 0 bridgehead atoms. The molecule has 1 aromatic heterocycles. The van der Waals surface area contributed by atoms with Crippen molar-refractivity contribution in [3.63, 3.8) is 0 Å². The van der Waals surface area contributed by atoms with E-state index in [0.717, 1.165) is 21.3 Å². The van der Waals surface area contributed by atoms with Gasteiger partial charge in [0, 0.05) is 16.2 Å². The Bertz CT molecular complexity index is 382. The molecule has 0 aromatic carbocycles. The quantitative estimate of drug-likeness (QED) is 0.580. The second-order valence-electron chi connectivity index (χ2n) is 4.02. The van der Waals surface area contributed by atoms with Gasteiger partial charge >= 0.3 is 0 Å². The zero-order valence-electron chi connectivity index (χ0n) is 8.71. The highest BCUT2D eigenvalue weighted by Gasteiger charge is 2.24. The molecule has 1 heterocycles. The highest BCUT2D eigenvalue weighted by atomic mass is 127. The molecular weight excluding hydrogens is 401 g/mol. The Morgan fingerprint density at radius 1 is 1.50 bits per heavy atom. The van der Waals surface area contributed by atoms with E-state index in [-0.39, 0.29) is 5.91 Å². The van der Waals surface area contributed by atoms with E-state index in [1.54, 1.807) is 11.3 Å². The number of thiophene rings is 1. The second kappa shape index (κ2) is 5.82. The van der Waals surface area contributed by atoms with Crippen LogP contribution in [0.4, 0.5) is 0 Å². The predicted octanol–water partition coefficient (Wildman–Crippen LogP) is 3.79. The monoisotopic (exact) mass is 413 g/mol. The Balaban J connectivity index is 1.96. The van der Waals surface area contributed by atoms with Gasteiger partial charge in [0.15, 0.2) is 0 Å². The molecule has 16 heavy (non-hydrogen) atoms. The summed E-state index contributed by atoms with van der Waals surface area (Å²) in [5, 5.41) is 5.04. The van der Waals surface area contributed by atoms with Crippen LogP contribution in [0.3, 0.4) is 0 Å². The van der Waals surface area contributed by atoms with Crippen molar-refractivity contribution in [2.45, 2.75) is 36.6 Å². The Labute approximate surface area is 121 Å². The van der Waals surface area contributed by atoms with Crippen molar-refractivity contribution in [2.24, 2.45) is 0 Å². The van der Waals surface area contributed by atoms with Gasteiger partial charge in [0.1, 0.15) is 0 Å². The molecule has 1 fully saturated rings. The molecule has 2 nitrogen and oxygen atoms in total. The Morgan fingerprint density at radius 2 is 2.25 bits per heavy atom. The molecule has 0 aliphatic heterocycles. The van der Waals surface area contributed by atoms with Crippen LogP contribution in [0.2, 0.25) is 0 Å². The van der Waals surface area contributed by atoms with Crippen molar-refractivity contribution in [1.29, 1.82) is 0 Å². The van der Waals surface area contributed by atoms with Gasteiger partial charge in [-0.25, -0.2) is 0 Å². The van der Waals surface area contributed by atoms with Gasteiger partial charge in [-0.05, 0) is 41.5 Å². The lowest BCUT2D eigenvalue weighted by Gasteiger charge is -2.28. The van der Waals surface area contributed by atoms with Gasteiger partial charge in [-0.15, -0.1) is 11.3 Å². The van der Waals surface area contributed by atoms with Gasteiger partial charge < -0.3 is 5.32 Å². The fourth-order valence-electron chi connectivity index (χ4n) is 1.93. The lowest BCUT2D eigenvalue weighted by atomic mass is 9.95. The predicted molar refractivity (Wildman–Crippen MR) is 79.5 cm³/mol. The van der Waals surface area contributed by atoms with Crippen LogP contribution in [0.5, 0.6) is 0 Å². The number of alkyl halides is 1. The van der Waals surface area contributed by atoms with E-state index in [9.17, 15) is 4.79 Å². The fraction of sp³-hybridized carbons (Fsp3) is 0.545. The zero-order valence-corrected chi connectivity index (χ0v) is 13.3. The zero-order chi connectivity index (χ0) is 11.5. The minimum Gasteiger partial charge on any atom is -0.348 e. The van der Waals surface area contributed by atoms with E-state index in [1.165, 1.54) is 12.8 Å². The van der Waals surface area contributed by atoms with Gasteiger partial charge in [-0.2, -0.15) is 0 Å². The van der Waals surface area contributed by atoms with E-state index in [2.05, 4.69) is 43.8 Å². The first-order chi connectivity index (χ1) is 7.66. The van der Waals surface area contributed by atoms with Crippen LogP contribution < -0.4 is 5.32 Å². The molecule has 0 spiro atoms. The second-order valence-corrected chi connectivity index (χ2v) is 8.00. The third-order valence-corrected chi connectivity index (χ3v) is 5.71.